The largest absolute Gasteiger partial charge is 0.506 e. The van der Waals surface area contributed by atoms with Gasteiger partial charge in [0.15, 0.2) is 5.75 Å². The molecule has 0 aliphatic carbocycles. The summed E-state index contributed by atoms with van der Waals surface area (Å²) in [6, 6.07) is 14.8. The van der Waals surface area contributed by atoms with E-state index in [1.165, 1.54) is 6.07 Å². The number of aromatic carboxylic acids is 1. The number of halogens is 1. The van der Waals surface area contributed by atoms with Crippen LogP contribution in [0.3, 0.4) is 0 Å². The second kappa shape index (κ2) is 7.98. The summed E-state index contributed by atoms with van der Waals surface area (Å²) in [7, 11) is 0. The van der Waals surface area contributed by atoms with Crippen molar-refractivity contribution in [1.29, 1.82) is 0 Å². The van der Waals surface area contributed by atoms with E-state index in [1.807, 2.05) is 19.1 Å². The first kappa shape index (κ1) is 19.2. The van der Waals surface area contributed by atoms with Crippen LogP contribution in [0.5, 0.6) is 11.5 Å². The Hall–Kier alpha value is -3.58. The number of nitrogens with zero attached hydrogens (tertiary/aromatic N) is 2. The van der Waals surface area contributed by atoms with Crippen LogP contribution in [0.2, 0.25) is 5.02 Å². The van der Waals surface area contributed by atoms with Crippen molar-refractivity contribution in [3.63, 3.8) is 0 Å². The zero-order valence-corrected chi connectivity index (χ0v) is 15.5. The first-order valence-corrected chi connectivity index (χ1v) is 8.57. The molecule has 0 aromatic heterocycles. The molecule has 3 aromatic rings. The smallest absolute Gasteiger partial charge is 0.342 e. The molecule has 0 aliphatic heterocycles. The normalized spacial score (nSPS) is 10.9. The van der Waals surface area contributed by atoms with Crippen molar-refractivity contribution in [2.45, 2.75) is 6.92 Å². The summed E-state index contributed by atoms with van der Waals surface area (Å²) in [4.78, 5) is 11.7. The van der Waals surface area contributed by atoms with E-state index in [-0.39, 0.29) is 11.4 Å². The predicted molar refractivity (Wildman–Crippen MR) is 107 cm³/mol. The monoisotopic (exact) mass is 397 g/mol. The second-order valence-corrected chi connectivity index (χ2v) is 6.37. The number of carbonyl (C=O) groups is 1. The van der Waals surface area contributed by atoms with Gasteiger partial charge < -0.3 is 20.6 Å². The van der Waals surface area contributed by atoms with Gasteiger partial charge in [0.25, 0.3) is 0 Å². The number of anilines is 2. The lowest BCUT2D eigenvalue weighted by Crippen LogP contribution is -2.01. The summed E-state index contributed by atoms with van der Waals surface area (Å²) < 4.78 is 0. The van der Waals surface area contributed by atoms with Crippen LogP contribution in [0.15, 0.2) is 64.8 Å². The molecule has 0 fully saturated rings. The van der Waals surface area contributed by atoms with E-state index in [4.69, 9.17) is 11.6 Å². The third-order valence-electron chi connectivity index (χ3n) is 3.97. The van der Waals surface area contributed by atoms with Crippen molar-refractivity contribution >= 4 is 40.3 Å². The third-order valence-corrected chi connectivity index (χ3v) is 4.22. The Balaban J connectivity index is 2.04. The summed E-state index contributed by atoms with van der Waals surface area (Å²) in [5.74, 6) is -2.45. The summed E-state index contributed by atoms with van der Waals surface area (Å²) in [5.41, 5.74) is 1.06. The zero-order valence-electron chi connectivity index (χ0n) is 14.7. The standard InChI is InChI=1S/C20H16ClN3O4/c1-11-4-2-3-5-14(11)22-15-10-16(25)18(17(19(15)26)20(27)28)24-23-13-8-6-12(21)7-9-13/h2-10,22,25-26H,1H3,(H,27,28). The Kier molecular flexibility index (Phi) is 5.47. The van der Waals surface area contributed by atoms with Crippen LogP contribution in [-0.4, -0.2) is 21.3 Å². The molecule has 0 saturated carbocycles. The van der Waals surface area contributed by atoms with Gasteiger partial charge in [0.05, 0.1) is 11.4 Å². The van der Waals surface area contributed by atoms with Gasteiger partial charge in [-0.2, -0.15) is 5.11 Å². The number of azo groups is 1. The van der Waals surface area contributed by atoms with Crippen molar-refractivity contribution in [1.82, 2.24) is 0 Å². The number of carboxylic acids is 1. The lowest BCUT2D eigenvalue weighted by Gasteiger charge is -2.14. The molecule has 0 radical (unpaired) electrons. The van der Waals surface area contributed by atoms with Crippen LogP contribution >= 0.6 is 11.6 Å². The molecule has 8 heteroatoms. The average molecular weight is 398 g/mol. The minimum atomic E-state index is -1.45. The number of carboxylic acid groups (broad SMARTS) is 1. The van der Waals surface area contributed by atoms with Gasteiger partial charge in [0.2, 0.25) is 0 Å². The highest BCUT2D eigenvalue weighted by molar-refractivity contribution is 6.30. The Labute approximate surface area is 165 Å². The van der Waals surface area contributed by atoms with Gasteiger partial charge in [-0.3, -0.25) is 0 Å². The van der Waals surface area contributed by atoms with E-state index >= 15 is 0 Å². The molecule has 0 aliphatic rings. The van der Waals surface area contributed by atoms with Gasteiger partial charge >= 0.3 is 5.97 Å². The van der Waals surface area contributed by atoms with Gasteiger partial charge in [-0.25, -0.2) is 4.79 Å². The summed E-state index contributed by atoms with van der Waals surface area (Å²) in [6.45, 7) is 1.85. The Morgan fingerprint density at radius 3 is 2.32 bits per heavy atom. The molecule has 3 rings (SSSR count). The summed E-state index contributed by atoms with van der Waals surface area (Å²) >= 11 is 5.81. The summed E-state index contributed by atoms with van der Waals surface area (Å²) in [5, 5.41) is 41.5. The maximum Gasteiger partial charge on any atom is 0.342 e. The Bertz CT molecular complexity index is 1070. The lowest BCUT2D eigenvalue weighted by molar-refractivity contribution is 0.0694. The highest BCUT2D eigenvalue weighted by Gasteiger charge is 2.23. The van der Waals surface area contributed by atoms with Crippen LogP contribution < -0.4 is 5.32 Å². The molecule has 142 valence electrons. The van der Waals surface area contributed by atoms with E-state index in [9.17, 15) is 20.1 Å². The van der Waals surface area contributed by atoms with E-state index in [0.717, 1.165) is 5.56 Å². The SMILES string of the molecule is Cc1ccccc1Nc1cc(O)c(N=Nc2ccc(Cl)cc2)c(C(=O)O)c1O. The Morgan fingerprint density at radius 1 is 1.00 bits per heavy atom. The van der Waals surface area contributed by atoms with Gasteiger partial charge in [-0.05, 0) is 42.8 Å². The first-order chi connectivity index (χ1) is 13.4. The number of aryl methyl sites for hydroxylation is 1. The van der Waals surface area contributed by atoms with Crippen LogP contribution in [0.25, 0.3) is 0 Å². The molecule has 4 N–H and O–H groups in total. The number of hydrogen-bond donors (Lipinski definition) is 4. The zero-order chi connectivity index (χ0) is 20.3. The molecule has 0 saturated heterocycles. The minimum absolute atomic E-state index is 0.0367. The first-order valence-electron chi connectivity index (χ1n) is 8.19. The fourth-order valence-corrected chi connectivity index (χ4v) is 2.65. The molecular weight excluding hydrogens is 382 g/mol. The third kappa shape index (κ3) is 4.05. The number of benzene rings is 3. The van der Waals surface area contributed by atoms with Crippen molar-refractivity contribution < 1.29 is 20.1 Å². The highest BCUT2D eigenvalue weighted by Crippen LogP contribution is 2.44. The fraction of sp³-hybridized carbons (Fsp3) is 0.0500. The highest BCUT2D eigenvalue weighted by atomic mass is 35.5. The number of para-hydroxylation sites is 1. The van der Waals surface area contributed by atoms with Gasteiger partial charge in [-0.15, -0.1) is 5.11 Å². The molecule has 0 atom stereocenters. The number of aromatic hydroxyl groups is 2. The number of rotatable bonds is 5. The molecular formula is C20H16ClN3O4. The molecule has 0 unspecified atom stereocenters. The second-order valence-electron chi connectivity index (χ2n) is 5.94. The van der Waals surface area contributed by atoms with Crippen LogP contribution in [0.1, 0.15) is 15.9 Å². The molecule has 0 bridgehead atoms. The molecule has 0 heterocycles. The molecule has 28 heavy (non-hydrogen) atoms. The minimum Gasteiger partial charge on any atom is -0.506 e. The number of hydrogen-bond acceptors (Lipinski definition) is 6. The number of phenolic OH excluding ortho intramolecular Hbond substituents is 1. The topological polar surface area (TPSA) is 115 Å². The molecule has 3 aromatic carbocycles. The van der Waals surface area contributed by atoms with E-state index in [2.05, 4.69) is 15.5 Å². The fourth-order valence-electron chi connectivity index (χ4n) is 2.52. The predicted octanol–water partition coefficient (Wildman–Crippen LogP) is 5.92. The molecule has 0 amide bonds. The van der Waals surface area contributed by atoms with E-state index in [0.29, 0.717) is 16.4 Å². The quantitative estimate of drug-likeness (QED) is 0.242. The molecule has 7 nitrogen and oxygen atoms in total. The number of nitrogens with one attached hydrogen (secondary N) is 1. The average Bonchev–Trinajstić information content (AvgIpc) is 2.66. The molecule has 0 spiro atoms. The van der Waals surface area contributed by atoms with E-state index < -0.39 is 23.0 Å². The van der Waals surface area contributed by atoms with Crippen molar-refractivity contribution in [3.05, 3.63) is 70.7 Å². The number of phenols is 2. The van der Waals surface area contributed by atoms with Gasteiger partial charge in [-0.1, -0.05) is 29.8 Å². The van der Waals surface area contributed by atoms with Gasteiger partial charge in [0, 0.05) is 16.8 Å². The maximum absolute atomic E-state index is 11.7. The van der Waals surface area contributed by atoms with Crippen LogP contribution in [0.4, 0.5) is 22.7 Å². The van der Waals surface area contributed by atoms with Gasteiger partial charge in [0.1, 0.15) is 17.0 Å². The maximum atomic E-state index is 11.7. The summed E-state index contributed by atoms with van der Waals surface area (Å²) in [6.07, 6.45) is 0. The van der Waals surface area contributed by atoms with Crippen LogP contribution in [-0.2, 0) is 0 Å². The lowest BCUT2D eigenvalue weighted by atomic mass is 10.1. The van der Waals surface area contributed by atoms with E-state index in [1.54, 1.807) is 36.4 Å². The van der Waals surface area contributed by atoms with Crippen LogP contribution in [0, 0.1) is 6.92 Å². The van der Waals surface area contributed by atoms with Crippen molar-refractivity contribution in [2.75, 3.05) is 5.32 Å². The van der Waals surface area contributed by atoms with Crippen molar-refractivity contribution in [3.8, 4) is 11.5 Å². The van der Waals surface area contributed by atoms with Crippen molar-refractivity contribution in [2.24, 2.45) is 10.2 Å². The Morgan fingerprint density at radius 2 is 1.68 bits per heavy atom.